The Morgan fingerprint density at radius 1 is 1.44 bits per heavy atom. The topological polar surface area (TPSA) is 82.8 Å². The van der Waals surface area contributed by atoms with Gasteiger partial charge in [-0.05, 0) is 6.92 Å². The average Bonchev–Trinajstić information content (AvgIpc) is 2.85. The Balaban J connectivity index is 2.34. The first-order valence-corrected chi connectivity index (χ1v) is 5.27. The van der Waals surface area contributed by atoms with Gasteiger partial charge in [-0.3, -0.25) is 4.79 Å². The molecule has 0 saturated heterocycles. The summed E-state index contributed by atoms with van der Waals surface area (Å²) in [5, 5.41) is 16.7. The van der Waals surface area contributed by atoms with E-state index >= 15 is 0 Å². The molecule has 0 amide bonds. The third-order valence-corrected chi connectivity index (χ3v) is 2.82. The standard InChI is InChI=1S/C8H9N5O2S/c1-5-6(3-14)9-12-13(5)8-11-10-7(16-8)4-15-2/h3H,4H2,1-2H3. The smallest absolute Gasteiger partial charge is 0.234 e. The number of rotatable bonds is 4. The quantitative estimate of drug-likeness (QED) is 0.717. The molecule has 0 spiro atoms. The number of carbonyl (C=O) groups excluding carboxylic acids is 1. The molecule has 16 heavy (non-hydrogen) atoms. The van der Waals surface area contributed by atoms with E-state index < -0.39 is 0 Å². The molecule has 2 rings (SSSR count). The molecule has 0 atom stereocenters. The molecule has 7 nitrogen and oxygen atoms in total. The van der Waals surface area contributed by atoms with Crippen LogP contribution in [0.3, 0.4) is 0 Å². The van der Waals surface area contributed by atoms with Crippen LogP contribution in [-0.4, -0.2) is 38.6 Å². The van der Waals surface area contributed by atoms with Crippen molar-refractivity contribution in [2.45, 2.75) is 13.5 Å². The molecule has 0 aromatic carbocycles. The second-order valence-electron chi connectivity index (χ2n) is 3.00. The molecule has 2 heterocycles. The van der Waals surface area contributed by atoms with Crippen LogP contribution in [0.2, 0.25) is 0 Å². The van der Waals surface area contributed by atoms with Gasteiger partial charge in [-0.25, -0.2) is 0 Å². The molecule has 0 saturated carbocycles. The van der Waals surface area contributed by atoms with E-state index in [1.165, 1.54) is 16.0 Å². The SMILES string of the molecule is COCc1nnc(-n2nnc(C=O)c2C)s1. The van der Waals surface area contributed by atoms with Crippen molar-refractivity contribution in [2.24, 2.45) is 0 Å². The number of methoxy groups -OCH3 is 1. The summed E-state index contributed by atoms with van der Waals surface area (Å²) in [6, 6.07) is 0. The minimum atomic E-state index is 0.309. The minimum absolute atomic E-state index is 0.309. The Labute approximate surface area is 95.1 Å². The monoisotopic (exact) mass is 239 g/mol. The van der Waals surface area contributed by atoms with Gasteiger partial charge in [0, 0.05) is 7.11 Å². The number of aldehydes is 1. The Bertz CT molecular complexity index is 506. The fourth-order valence-electron chi connectivity index (χ4n) is 1.14. The zero-order valence-electron chi connectivity index (χ0n) is 8.75. The maximum atomic E-state index is 10.6. The van der Waals surface area contributed by atoms with Crippen molar-refractivity contribution in [2.75, 3.05) is 7.11 Å². The maximum Gasteiger partial charge on any atom is 0.234 e. The second-order valence-corrected chi connectivity index (χ2v) is 4.04. The van der Waals surface area contributed by atoms with Crippen LogP contribution in [0.5, 0.6) is 0 Å². The first-order chi connectivity index (χ1) is 7.76. The van der Waals surface area contributed by atoms with Gasteiger partial charge >= 0.3 is 0 Å². The van der Waals surface area contributed by atoms with Crippen molar-refractivity contribution in [1.82, 2.24) is 25.2 Å². The zero-order valence-corrected chi connectivity index (χ0v) is 9.56. The van der Waals surface area contributed by atoms with Crippen molar-refractivity contribution in [3.8, 4) is 5.13 Å². The van der Waals surface area contributed by atoms with E-state index in [2.05, 4.69) is 20.5 Å². The highest BCUT2D eigenvalue weighted by molar-refractivity contribution is 7.13. The summed E-state index contributed by atoms with van der Waals surface area (Å²) in [4.78, 5) is 10.6. The van der Waals surface area contributed by atoms with Crippen molar-refractivity contribution < 1.29 is 9.53 Å². The maximum absolute atomic E-state index is 10.6. The molecule has 0 unspecified atom stereocenters. The van der Waals surface area contributed by atoms with Crippen LogP contribution in [0.25, 0.3) is 5.13 Å². The normalized spacial score (nSPS) is 10.6. The lowest BCUT2D eigenvalue weighted by molar-refractivity contribution is 0.111. The highest BCUT2D eigenvalue weighted by atomic mass is 32.1. The molecule has 0 N–H and O–H groups in total. The van der Waals surface area contributed by atoms with Crippen LogP contribution in [0, 0.1) is 6.92 Å². The Hall–Kier alpha value is -1.67. The van der Waals surface area contributed by atoms with Crippen molar-refractivity contribution in [3.63, 3.8) is 0 Å². The number of ether oxygens (including phenoxy) is 1. The molecular formula is C8H9N5O2S. The molecule has 0 aliphatic heterocycles. The van der Waals surface area contributed by atoms with E-state index in [1.54, 1.807) is 14.0 Å². The average molecular weight is 239 g/mol. The van der Waals surface area contributed by atoms with Crippen molar-refractivity contribution in [3.05, 3.63) is 16.4 Å². The molecule has 0 aliphatic rings. The van der Waals surface area contributed by atoms with Gasteiger partial charge < -0.3 is 4.74 Å². The molecule has 0 bridgehead atoms. The molecule has 0 fully saturated rings. The lowest BCUT2D eigenvalue weighted by Crippen LogP contribution is -1.98. The third-order valence-electron chi connectivity index (χ3n) is 1.95. The zero-order chi connectivity index (χ0) is 11.5. The first kappa shape index (κ1) is 10.8. The van der Waals surface area contributed by atoms with E-state index in [0.29, 0.717) is 29.4 Å². The van der Waals surface area contributed by atoms with Crippen molar-refractivity contribution >= 4 is 17.6 Å². The largest absolute Gasteiger partial charge is 0.377 e. The summed E-state index contributed by atoms with van der Waals surface area (Å²) in [5.41, 5.74) is 0.957. The third kappa shape index (κ3) is 1.84. The number of hydrogen-bond donors (Lipinski definition) is 0. The Morgan fingerprint density at radius 2 is 2.25 bits per heavy atom. The van der Waals surface area contributed by atoms with Gasteiger partial charge in [-0.15, -0.1) is 15.3 Å². The highest BCUT2D eigenvalue weighted by Crippen LogP contribution is 2.16. The molecule has 0 radical (unpaired) electrons. The summed E-state index contributed by atoms with van der Waals surface area (Å²) in [6.45, 7) is 2.16. The first-order valence-electron chi connectivity index (χ1n) is 4.45. The molecule has 0 aliphatic carbocycles. The van der Waals surface area contributed by atoms with Gasteiger partial charge in [-0.2, -0.15) is 4.68 Å². The molecular weight excluding hydrogens is 230 g/mol. The van der Waals surface area contributed by atoms with E-state index in [9.17, 15) is 4.79 Å². The summed E-state index contributed by atoms with van der Waals surface area (Å²) < 4.78 is 6.43. The lowest BCUT2D eigenvalue weighted by Gasteiger charge is -1.94. The minimum Gasteiger partial charge on any atom is -0.377 e. The van der Waals surface area contributed by atoms with Gasteiger partial charge in [-0.1, -0.05) is 16.6 Å². The van der Waals surface area contributed by atoms with E-state index in [4.69, 9.17) is 4.74 Å². The Kier molecular flexibility index (Phi) is 3.02. The van der Waals surface area contributed by atoms with Crippen LogP contribution in [0.1, 0.15) is 21.2 Å². The van der Waals surface area contributed by atoms with E-state index in [0.717, 1.165) is 5.01 Å². The van der Waals surface area contributed by atoms with Gasteiger partial charge in [0.1, 0.15) is 17.3 Å². The second kappa shape index (κ2) is 4.45. The van der Waals surface area contributed by atoms with Gasteiger partial charge in [0.15, 0.2) is 6.29 Å². The molecule has 84 valence electrons. The van der Waals surface area contributed by atoms with Crippen LogP contribution in [0.15, 0.2) is 0 Å². The predicted octanol–water partition coefficient (Wildman–Crippen LogP) is 0.386. The number of hydrogen-bond acceptors (Lipinski definition) is 7. The van der Waals surface area contributed by atoms with Gasteiger partial charge in [0.05, 0.1) is 5.69 Å². The number of aromatic nitrogens is 5. The fraction of sp³-hybridized carbons (Fsp3) is 0.375. The molecule has 2 aromatic rings. The predicted molar refractivity (Wildman–Crippen MR) is 55.7 cm³/mol. The summed E-state index contributed by atoms with van der Waals surface area (Å²) in [5.74, 6) is 0. The number of carbonyl (C=O) groups is 1. The van der Waals surface area contributed by atoms with Crippen molar-refractivity contribution in [1.29, 1.82) is 0 Å². The fourth-order valence-corrected chi connectivity index (χ4v) is 1.95. The van der Waals surface area contributed by atoms with Crippen LogP contribution in [-0.2, 0) is 11.3 Å². The van der Waals surface area contributed by atoms with Crippen LogP contribution < -0.4 is 0 Å². The Morgan fingerprint density at radius 3 is 2.88 bits per heavy atom. The van der Waals surface area contributed by atoms with Gasteiger partial charge in [0.2, 0.25) is 5.13 Å². The lowest BCUT2D eigenvalue weighted by atomic mass is 10.4. The highest BCUT2D eigenvalue weighted by Gasteiger charge is 2.13. The summed E-state index contributed by atoms with van der Waals surface area (Å²) in [7, 11) is 1.59. The van der Waals surface area contributed by atoms with E-state index in [1.807, 2.05) is 0 Å². The van der Waals surface area contributed by atoms with Crippen LogP contribution in [0.4, 0.5) is 0 Å². The number of nitrogens with zero attached hydrogens (tertiary/aromatic N) is 5. The summed E-state index contributed by atoms with van der Waals surface area (Å²) in [6.07, 6.45) is 0.663. The summed E-state index contributed by atoms with van der Waals surface area (Å²) >= 11 is 1.35. The molecule has 2 aromatic heterocycles. The van der Waals surface area contributed by atoms with Gasteiger partial charge in [0.25, 0.3) is 0 Å². The molecule has 8 heteroatoms. The van der Waals surface area contributed by atoms with E-state index in [-0.39, 0.29) is 0 Å². The van der Waals surface area contributed by atoms with Crippen LogP contribution >= 0.6 is 11.3 Å².